The van der Waals surface area contributed by atoms with Gasteiger partial charge in [0.25, 0.3) is 0 Å². The number of carbonyl (C=O) groups excluding carboxylic acids is 1. The number of halogens is 3. The lowest BCUT2D eigenvalue weighted by Gasteiger charge is -2.18. The smallest absolute Gasteiger partial charge is 0.394 e. The molecule has 1 aromatic rings. The number of rotatable bonds is 6. The number of para-hydroxylation sites is 2. The summed E-state index contributed by atoms with van der Waals surface area (Å²) >= 11 is 0. The lowest BCUT2D eigenvalue weighted by Crippen LogP contribution is -2.34. The van der Waals surface area contributed by atoms with Gasteiger partial charge in [-0.25, -0.2) is 0 Å². The molecule has 1 aliphatic rings. The SMILES string of the molecule is COc1ccccc1OCCC(=O)N1C[C@@H](C(F)(F)F)[C@H](C(=O)O)C1. The van der Waals surface area contributed by atoms with Crippen LogP contribution in [0.15, 0.2) is 24.3 Å². The molecule has 0 bridgehead atoms. The average molecular weight is 361 g/mol. The lowest BCUT2D eigenvalue weighted by atomic mass is 9.96. The van der Waals surface area contributed by atoms with Gasteiger partial charge in [-0.2, -0.15) is 13.2 Å². The molecule has 1 saturated heterocycles. The van der Waals surface area contributed by atoms with Gasteiger partial charge in [0.15, 0.2) is 11.5 Å². The summed E-state index contributed by atoms with van der Waals surface area (Å²) in [4.78, 5) is 24.0. The number of ether oxygens (including phenoxy) is 2. The molecule has 2 rings (SSSR count). The molecule has 1 N–H and O–H groups in total. The maximum atomic E-state index is 12.9. The van der Waals surface area contributed by atoms with Crippen molar-refractivity contribution in [3.8, 4) is 11.5 Å². The maximum Gasteiger partial charge on any atom is 0.394 e. The van der Waals surface area contributed by atoms with Gasteiger partial charge in [0.05, 0.1) is 32.0 Å². The standard InChI is InChI=1S/C16H18F3NO5/c1-24-12-4-2-3-5-13(12)25-7-6-14(21)20-8-10(15(22)23)11(9-20)16(17,18)19/h2-5,10-11H,6-9H2,1H3,(H,22,23)/t10-,11-/m1/s1. The first kappa shape index (κ1) is 18.9. The molecule has 1 heterocycles. The second kappa shape index (κ2) is 7.62. The van der Waals surface area contributed by atoms with E-state index in [2.05, 4.69) is 0 Å². The number of carbonyl (C=O) groups is 2. The number of amides is 1. The van der Waals surface area contributed by atoms with Crippen molar-refractivity contribution in [2.75, 3.05) is 26.8 Å². The Balaban J connectivity index is 1.92. The van der Waals surface area contributed by atoms with Crippen molar-refractivity contribution in [2.45, 2.75) is 12.6 Å². The number of aliphatic carboxylic acids is 1. The molecule has 0 spiro atoms. The molecule has 1 aromatic carbocycles. The van der Waals surface area contributed by atoms with Gasteiger partial charge in [-0.05, 0) is 12.1 Å². The summed E-state index contributed by atoms with van der Waals surface area (Å²) in [5.41, 5.74) is 0. The Morgan fingerprint density at radius 3 is 2.40 bits per heavy atom. The molecule has 138 valence electrons. The maximum absolute atomic E-state index is 12.9. The third-order valence-corrected chi connectivity index (χ3v) is 4.05. The highest BCUT2D eigenvalue weighted by Crippen LogP contribution is 2.38. The van der Waals surface area contributed by atoms with Crippen LogP contribution in [0.4, 0.5) is 13.2 Å². The van der Waals surface area contributed by atoms with Crippen molar-refractivity contribution in [2.24, 2.45) is 11.8 Å². The number of carboxylic acids is 1. The fourth-order valence-electron chi connectivity index (χ4n) is 2.73. The van der Waals surface area contributed by atoms with Crippen molar-refractivity contribution in [1.29, 1.82) is 0 Å². The fraction of sp³-hybridized carbons (Fsp3) is 0.500. The van der Waals surface area contributed by atoms with E-state index in [0.29, 0.717) is 11.5 Å². The van der Waals surface area contributed by atoms with E-state index in [1.54, 1.807) is 24.3 Å². The number of hydrogen-bond acceptors (Lipinski definition) is 4. The van der Waals surface area contributed by atoms with Crippen LogP contribution in [0.3, 0.4) is 0 Å². The lowest BCUT2D eigenvalue weighted by molar-refractivity contribution is -0.188. The average Bonchev–Trinajstić information content (AvgIpc) is 3.01. The number of hydrogen-bond donors (Lipinski definition) is 1. The van der Waals surface area contributed by atoms with E-state index >= 15 is 0 Å². The Morgan fingerprint density at radius 1 is 1.24 bits per heavy atom. The van der Waals surface area contributed by atoms with E-state index in [1.165, 1.54) is 7.11 Å². The van der Waals surface area contributed by atoms with Gasteiger partial charge in [0, 0.05) is 13.1 Å². The summed E-state index contributed by atoms with van der Waals surface area (Å²) < 4.78 is 49.3. The van der Waals surface area contributed by atoms with Crippen molar-refractivity contribution < 1.29 is 37.3 Å². The van der Waals surface area contributed by atoms with Crippen molar-refractivity contribution in [1.82, 2.24) is 4.90 Å². The molecule has 0 aliphatic carbocycles. The summed E-state index contributed by atoms with van der Waals surface area (Å²) in [5.74, 6) is -4.94. The van der Waals surface area contributed by atoms with Crippen LogP contribution in [0.5, 0.6) is 11.5 Å². The number of carboxylic acid groups (broad SMARTS) is 1. The molecule has 1 fully saturated rings. The van der Waals surface area contributed by atoms with E-state index in [9.17, 15) is 22.8 Å². The molecule has 1 amide bonds. The van der Waals surface area contributed by atoms with Gasteiger partial charge < -0.3 is 19.5 Å². The Labute approximate surface area is 142 Å². The third-order valence-electron chi connectivity index (χ3n) is 4.05. The number of likely N-dealkylation sites (tertiary alicyclic amines) is 1. The molecular weight excluding hydrogens is 343 g/mol. The first-order valence-electron chi connectivity index (χ1n) is 7.57. The van der Waals surface area contributed by atoms with E-state index < -0.39 is 43.0 Å². The Hall–Kier alpha value is -2.45. The van der Waals surface area contributed by atoms with Gasteiger partial charge in [0.2, 0.25) is 5.91 Å². The summed E-state index contributed by atoms with van der Waals surface area (Å²) in [6.07, 6.45) is -4.82. The molecule has 0 aromatic heterocycles. The molecule has 6 nitrogen and oxygen atoms in total. The van der Waals surface area contributed by atoms with Gasteiger partial charge in [-0.1, -0.05) is 12.1 Å². The second-order valence-corrected chi connectivity index (χ2v) is 5.64. The van der Waals surface area contributed by atoms with Crippen LogP contribution in [0.1, 0.15) is 6.42 Å². The summed E-state index contributed by atoms with van der Waals surface area (Å²) in [6, 6.07) is 6.76. The molecule has 0 radical (unpaired) electrons. The van der Waals surface area contributed by atoms with Gasteiger partial charge in [0.1, 0.15) is 0 Å². The zero-order chi connectivity index (χ0) is 18.6. The number of nitrogens with zero attached hydrogens (tertiary/aromatic N) is 1. The van der Waals surface area contributed by atoms with E-state index in [1.807, 2.05) is 0 Å². The predicted molar refractivity (Wildman–Crippen MR) is 80.4 cm³/mol. The van der Waals surface area contributed by atoms with Crippen LogP contribution in [0, 0.1) is 11.8 Å². The summed E-state index contributed by atoms with van der Waals surface area (Å²) in [5, 5.41) is 8.95. The zero-order valence-electron chi connectivity index (χ0n) is 13.5. The Bertz CT molecular complexity index is 634. The van der Waals surface area contributed by atoms with Gasteiger partial charge in [-0.15, -0.1) is 0 Å². The van der Waals surface area contributed by atoms with Crippen LogP contribution in [-0.4, -0.2) is 54.9 Å². The number of methoxy groups -OCH3 is 1. The zero-order valence-corrected chi connectivity index (χ0v) is 13.5. The summed E-state index contributed by atoms with van der Waals surface area (Å²) in [7, 11) is 1.46. The van der Waals surface area contributed by atoms with Crippen molar-refractivity contribution in [3.63, 3.8) is 0 Å². The number of benzene rings is 1. The molecule has 1 aliphatic heterocycles. The van der Waals surface area contributed by atoms with Crippen LogP contribution in [0.25, 0.3) is 0 Å². The van der Waals surface area contributed by atoms with E-state index in [-0.39, 0.29) is 13.0 Å². The van der Waals surface area contributed by atoms with E-state index in [0.717, 1.165) is 4.90 Å². The molecule has 0 unspecified atom stereocenters. The largest absolute Gasteiger partial charge is 0.493 e. The summed E-state index contributed by atoms with van der Waals surface area (Å²) in [6.45, 7) is -1.15. The minimum absolute atomic E-state index is 0.0515. The molecule has 25 heavy (non-hydrogen) atoms. The van der Waals surface area contributed by atoms with E-state index in [4.69, 9.17) is 14.6 Å². The highest BCUT2D eigenvalue weighted by atomic mass is 19.4. The van der Waals surface area contributed by atoms with Gasteiger partial charge >= 0.3 is 12.1 Å². The third kappa shape index (κ3) is 4.55. The molecular formula is C16H18F3NO5. The molecule has 0 saturated carbocycles. The molecule has 9 heteroatoms. The highest BCUT2D eigenvalue weighted by Gasteiger charge is 2.53. The first-order chi connectivity index (χ1) is 11.7. The van der Waals surface area contributed by atoms with Crippen LogP contribution >= 0.6 is 0 Å². The fourth-order valence-corrected chi connectivity index (χ4v) is 2.73. The topological polar surface area (TPSA) is 76.1 Å². The minimum Gasteiger partial charge on any atom is -0.493 e. The highest BCUT2D eigenvalue weighted by molar-refractivity contribution is 5.79. The number of alkyl halides is 3. The first-order valence-corrected chi connectivity index (χ1v) is 7.57. The monoisotopic (exact) mass is 361 g/mol. The van der Waals surface area contributed by atoms with Crippen molar-refractivity contribution >= 4 is 11.9 Å². The Morgan fingerprint density at radius 2 is 1.88 bits per heavy atom. The quantitative estimate of drug-likeness (QED) is 0.841. The van der Waals surface area contributed by atoms with Crippen LogP contribution < -0.4 is 9.47 Å². The minimum atomic E-state index is -4.66. The predicted octanol–water partition coefficient (Wildman–Crippen LogP) is 2.19. The van der Waals surface area contributed by atoms with Gasteiger partial charge in [-0.3, -0.25) is 9.59 Å². The van der Waals surface area contributed by atoms with Crippen LogP contribution in [-0.2, 0) is 9.59 Å². The normalized spacial score (nSPS) is 20.4. The van der Waals surface area contributed by atoms with Crippen molar-refractivity contribution in [3.05, 3.63) is 24.3 Å². The van der Waals surface area contributed by atoms with Crippen LogP contribution in [0.2, 0.25) is 0 Å². The molecule has 2 atom stereocenters. The second-order valence-electron chi connectivity index (χ2n) is 5.64. The Kier molecular flexibility index (Phi) is 5.76.